The van der Waals surface area contributed by atoms with Crippen LogP contribution in [0.4, 0.5) is 13.2 Å². The molecule has 0 aliphatic heterocycles. The van der Waals surface area contributed by atoms with Gasteiger partial charge in [0.05, 0.1) is 5.41 Å². The Labute approximate surface area is 125 Å². The summed E-state index contributed by atoms with van der Waals surface area (Å²) < 4.78 is 35.7. The van der Waals surface area contributed by atoms with Crippen molar-refractivity contribution < 1.29 is 37.5 Å². The fourth-order valence-electron chi connectivity index (χ4n) is 1.12. The standard InChI is InChI=1S/C12H19F3N2O5/c1-11(2,3)10(21)22-17-7(8(18)19)5-4-6-16-9(20)12(13,14)15/h7,17H,4-6H2,1-3H3,(H,16,20)(H,18,19)/t7-/m0/s1. The lowest BCUT2D eigenvalue weighted by molar-refractivity contribution is -0.173. The van der Waals surface area contributed by atoms with Crippen LogP contribution in [0.15, 0.2) is 0 Å². The van der Waals surface area contributed by atoms with Crippen molar-refractivity contribution in [1.29, 1.82) is 0 Å². The Morgan fingerprint density at radius 3 is 2.14 bits per heavy atom. The van der Waals surface area contributed by atoms with Crippen molar-refractivity contribution in [2.45, 2.75) is 45.8 Å². The van der Waals surface area contributed by atoms with E-state index in [2.05, 4.69) is 10.3 Å². The van der Waals surface area contributed by atoms with Gasteiger partial charge < -0.3 is 15.3 Å². The van der Waals surface area contributed by atoms with Crippen molar-refractivity contribution in [2.24, 2.45) is 5.41 Å². The molecule has 0 fully saturated rings. The minimum Gasteiger partial charge on any atom is -0.480 e. The molecule has 7 nitrogen and oxygen atoms in total. The summed E-state index contributed by atoms with van der Waals surface area (Å²) in [6, 6.07) is -1.28. The molecule has 0 aliphatic rings. The van der Waals surface area contributed by atoms with Gasteiger partial charge in [0.2, 0.25) is 0 Å². The van der Waals surface area contributed by atoms with Crippen LogP contribution < -0.4 is 10.8 Å². The fraction of sp³-hybridized carbons (Fsp3) is 0.750. The average molecular weight is 328 g/mol. The zero-order valence-corrected chi connectivity index (χ0v) is 12.4. The number of carboxylic acids is 1. The topological polar surface area (TPSA) is 105 Å². The molecule has 1 amide bonds. The Kier molecular flexibility index (Phi) is 7.30. The minimum absolute atomic E-state index is 0.0428. The van der Waals surface area contributed by atoms with Crippen LogP contribution in [0.3, 0.4) is 0 Å². The van der Waals surface area contributed by atoms with E-state index in [0.29, 0.717) is 0 Å². The number of halogens is 3. The molecule has 22 heavy (non-hydrogen) atoms. The molecule has 128 valence electrons. The predicted octanol–water partition coefficient (Wildman–Crippen LogP) is 0.992. The van der Waals surface area contributed by atoms with Crippen LogP contribution in [-0.2, 0) is 19.2 Å². The highest BCUT2D eigenvalue weighted by molar-refractivity contribution is 5.81. The number of carbonyl (C=O) groups is 3. The van der Waals surface area contributed by atoms with Crippen LogP contribution in [0.25, 0.3) is 0 Å². The van der Waals surface area contributed by atoms with E-state index in [0.717, 1.165) is 0 Å². The largest absolute Gasteiger partial charge is 0.480 e. The van der Waals surface area contributed by atoms with E-state index >= 15 is 0 Å². The molecular weight excluding hydrogens is 309 g/mol. The van der Waals surface area contributed by atoms with E-state index in [-0.39, 0.29) is 19.4 Å². The maximum Gasteiger partial charge on any atom is 0.471 e. The molecule has 0 aromatic heterocycles. The fourth-order valence-corrected chi connectivity index (χ4v) is 1.12. The van der Waals surface area contributed by atoms with Crippen LogP contribution in [0.1, 0.15) is 33.6 Å². The first kappa shape index (κ1) is 20.2. The van der Waals surface area contributed by atoms with Gasteiger partial charge in [0.1, 0.15) is 6.04 Å². The Hall–Kier alpha value is -1.84. The minimum atomic E-state index is -4.98. The predicted molar refractivity (Wildman–Crippen MR) is 68.4 cm³/mol. The van der Waals surface area contributed by atoms with Crippen molar-refractivity contribution in [3.8, 4) is 0 Å². The van der Waals surface area contributed by atoms with Crippen molar-refractivity contribution in [1.82, 2.24) is 10.8 Å². The van der Waals surface area contributed by atoms with Crippen LogP contribution in [0, 0.1) is 5.41 Å². The van der Waals surface area contributed by atoms with E-state index in [1.165, 1.54) is 0 Å². The van der Waals surface area contributed by atoms with Gasteiger partial charge in [-0.3, -0.25) is 9.59 Å². The van der Waals surface area contributed by atoms with Gasteiger partial charge in [-0.1, -0.05) is 0 Å². The van der Waals surface area contributed by atoms with Crippen LogP contribution in [-0.4, -0.2) is 41.7 Å². The number of carboxylic acid groups (broad SMARTS) is 1. The maximum atomic E-state index is 11.9. The molecule has 0 aromatic carbocycles. The molecule has 0 spiro atoms. The Morgan fingerprint density at radius 2 is 1.73 bits per heavy atom. The van der Waals surface area contributed by atoms with E-state index in [1.54, 1.807) is 26.1 Å². The van der Waals surface area contributed by atoms with Gasteiger partial charge in [0.25, 0.3) is 0 Å². The third kappa shape index (κ3) is 7.81. The summed E-state index contributed by atoms with van der Waals surface area (Å²) in [6.45, 7) is 4.36. The monoisotopic (exact) mass is 328 g/mol. The molecule has 3 N–H and O–H groups in total. The molecule has 0 radical (unpaired) electrons. The van der Waals surface area contributed by atoms with Gasteiger partial charge in [0, 0.05) is 6.54 Å². The van der Waals surface area contributed by atoms with Gasteiger partial charge in [-0.25, -0.2) is 4.79 Å². The van der Waals surface area contributed by atoms with E-state index in [9.17, 15) is 27.6 Å². The molecule has 10 heteroatoms. The van der Waals surface area contributed by atoms with E-state index in [4.69, 9.17) is 5.11 Å². The van der Waals surface area contributed by atoms with Gasteiger partial charge >= 0.3 is 24.0 Å². The number of aliphatic carboxylic acids is 1. The van der Waals surface area contributed by atoms with Gasteiger partial charge in [-0.2, -0.15) is 13.2 Å². The SMILES string of the molecule is CC(C)(C)C(=O)ON[C@@H](CCCNC(=O)C(F)(F)F)C(=O)O. The number of carbonyl (C=O) groups excluding carboxylic acids is 2. The van der Waals surface area contributed by atoms with E-state index in [1.807, 2.05) is 0 Å². The highest BCUT2D eigenvalue weighted by Crippen LogP contribution is 2.15. The van der Waals surface area contributed by atoms with Crippen molar-refractivity contribution in [2.75, 3.05) is 6.54 Å². The second-order valence-electron chi connectivity index (χ2n) is 5.54. The molecule has 0 saturated carbocycles. The molecule has 0 rings (SSSR count). The summed E-state index contributed by atoms with van der Waals surface area (Å²) in [5.74, 6) is -4.10. The molecule has 0 bridgehead atoms. The summed E-state index contributed by atoms with van der Waals surface area (Å²) in [6.07, 6.45) is -5.16. The first-order chi connectivity index (χ1) is 9.85. The van der Waals surface area contributed by atoms with Crippen LogP contribution in [0.2, 0.25) is 0 Å². The summed E-state index contributed by atoms with van der Waals surface area (Å²) in [5, 5.41) is 10.5. The summed E-state index contributed by atoms with van der Waals surface area (Å²) in [7, 11) is 0. The highest BCUT2D eigenvalue weighted by Gasteiger charge is 2.38. The highest BCUT2D eigenvalue weighted by atomic mass is 19.4. The zero-order valence-electron chi connectivity index (χ0n) is 12.4. The summed E-state index contributed by atoms with van der Waals surface area (Å²) in [5.41, 5.74) is 1.22. The number of rotatable bonds is 7. The first-order valence-corrected chi connectivity index (χ1v) is 6.40. The zero-order chi connectivity index (χ0) is 17.6. The maximum absolute atomic E-state index is 11.9. The third-order valence-corrected chi connectivity index (χ3v) is 2.42. The van der Waals surface area contributed by atoms with Crippen molar-refractivity contribution in [3.63, 3.8) is 0 Å². The van der Waals surface area contributed by atoms with Crippen LogP contribution >= 0.6 is 0 Å². The number of nitrogens with one attached hydrogen (secondary N) is 2. The molecule has 0 unspecified atom stereocenters. The van der Waals surface area contributed by atoms with E-state index < -0.39 is 35.5 Å². The second kappa shape index (κ2) is 7.97. The number of hydroxylamine groups is 1. The average Bonchev–Trinajstić information content (AvgIpc) is 2.34. The molecule has 0 heterocycles. The molecule has 0 saturated heterocycles. The Bertz CT molecular complexity index is 418. The number of hydrogen-bond donors (Lipinski definition) is 3. The van der Waals surface area contributed by atoms with Gasteiger partial charge in [-0.05, 0) is 33.6 Å². The normalized spacial score (nSPS) is 13.4. The third-order valence-electron chi connectivity index (χ3n) is 2.42. The number of amides is 1. The summed E-state index contributed by atoms with van der Waals surface area (Å²) >= 11 is 0. The number of hydrogen-bond acceptors (Lipinski definition) is 5. The smallest absolute Gasteiger partial charge is 0.471 e. The number of alkyl halides is 3. The van der Waals surface area contributed by atoms with Crippen molar-refractivity contribution >= 4 is 17.8 Å². The second-order valence-corrected chi connectivity index (χ2v) is 5.54. The Balaban J connectivity index is 4.20. The lowest BCUT2D eigenvalue weighted by Gasteiger charge is -2.19. The Morgan fingerprint density at radius 1 is 1.18 bits per heavy atom. The molecular formula is C12H19F3N2O5. The first-order valence-electron chi connectivity index (χ1n) is 6.40. The lowest BCUT2D eigenvalue weighted by Crippen LogP contribution is -2.42. The van der Waals surface area contributed by atoms with Gasteiger partial charge in [-0.15, -0.1) is 5.48 Å². The molecule has 0 aliphatic carbocycles. The van der Waals surface area contributed by atoms with Crippen LogP contribution in [0.5, 0.6) is 0 Å². The molecule has 1 atom stereocenters. The van der Waals surface area contributed by atoms with Crippen molar-refractivity contribution in [3.05, 3.63) is 0 Å². The summed E-state index contributed by atoms with van der Waals surface area (Å²) in [4.78, 5) is 37.5. The van der Waals surface area contributed by atoms with Gasteiger partial charge in [0.15, 0.2) is 0 Å². The quantitative estimate of drug-likeness (QED) is 0.475. The lowest BCUT2D eigenvalue weighted by atomic mass is 9.98. The molecule has 0 aromatic rings.